The van der Waals surface area contributed by atoms with Gasteiger partial charge in [0.15, 0.2) is 0 Å². The van der Waals surface area contributed by atoms with Gasteiger partial charge in [0.25, 0.3) is 0 Å². The van der Waals surface area contributed by atoms with Crippen LogP contribution >= 0.6 is 0 Å². The van der Waals surface area contributed by atoms with E-state index in [1.165, 1.54) is 5.56 Å². The Bertz CT molecular complexity index is 376. The molecule has 0 N–H and O–H groups in total. The first-order valence-electron chi connectivity index (χ1n) is 7.06. The number of benzene rings is 1. The number of hydrogen-bond acceptors (Lipinski definition) is 2. The molecule has 0 aliphatic rings. The topological polar surface area (TPSA) is 23.6 Å². The summed E-state index contributed by atoms with van der Waals surface area (Å²) < 4.78 is 0. The third-order valence-corrected chi connectivity index (χ3v) is 3.32. The Kier molecular flexibility index (Phi) is 6.57. The summed E-state index contributed by atoms with van der Waals surface area (Å²) >= 11 is 0. The average Bonchev–Trinajstić information content (AvgIpc) is 2.39. The molecular formula is C16H26N2O. The molecule has 3 nitrogen and oxygen atoms in total. The maximum absolute atomic E-state index is 12.1. The second kappa shape index (κ2) is 7.95. The number of carbonyl (C=O) groups excluding carboxylic acids is 1. The molecule has 19 heavy (non-hydrogen) atoms. The molecule has 0 unspecified atom stereocenters. The summed E-state index contributed by atoms with van der Waals surface area (Å²) in [6.45, 7) is 8.52. The van der Waals surface area contributed by atoms with Crippen LogP contribution in [0.1, 0.15) is 32.8 Å². The van der Waals surface area contributed by atoms with Crippen molar-refractivity contribution in [2.75, 3.05) is 20.1 Å². The molecule has 0 saturated heterocycles. The molecule has 1 aromatic rings. The SMILES string of the molecule is CCCN(CC(=O)N(C)C(C)C)Cc1ccccc1. The van der Waals surface area contributed by atoms with Gasteiger partial charge < -0.3 is 4.90 Å². The van der Waals surface area contributed by atoms with Crippen molar-refractivity contribution in [2.45, 2.75) is 39.8 Å². The minimum absolute atomic E-state index is 0.194. The lowest BCUT2D eigenvalue weighted by Gasteiger charge is -2.27. The highest BCUT2D eigenvalue weighted by Crippen LogP contribution is 2.06. The summed E-state index contributed by atoms with van der Waals surface area (Å²) in [7, 11) is 1.87. The zero-order chi connectivity index (χ0) is 14.3. The molecule has 0 aliphatic carbocycles. The van der Waals surface area contributed by atoms with Crippen molar-refractivity contribution in [2.24, 2.45) is 0 Å². The molecule has 1 rings (SSSR count). The Hall–Kier alpha value is -1.35. The van der Waals surface area contributed by atoms with Crippen molar-refractivity contribution in [3.05, 3.63) is 35.9 Å². The van der Waals surface area contributed by atoms with E-state index in [0.29, 0.717) is 6.54 Å². The Morgan fingerprint density at radius 2 is 1.84 bits per heavy atom. The first-order chi connectivity index (χ1) is 9.04. The van der Waals surface area contributed by atoms with Gasteiger partial charge in [-0.05, 0) is 32.4 Å². The van der Waals surface area contributed by atoms with E-state index in [-0.39, 0.29) is 11.9 Å². The molecule has 1 aromatic carbocycles. The second-order valence-corrected chi connectivity index (χ2v) is 5.29. The Balaban J connectivity index is 2.60. The minimum atomic E-state index is 0.194. The van der Waals surface area contributed by atoms with E-state index in [4.69, 9.17) is 0 Å². The lowest BCUT2D eigenvalue weighted by molar-refractivity contribution is -0.132. The molecule has 0 bridgehead atoms. The maximum atomic E-state index is 12.1. The first kappa shape index (κ1) is 15.7. The lowest BCUT2D eigenvalue weighted by Crippen LogP contribution is -2.41. The number of nitrogens with zero attached hydrogens (tertiary/aromatic N) is 2. The van der Waals surface area contributed by atoms with Crippen LogP contribution in [0.2, 0.25) is 0 Å². The zero-order valence-corrected chi connectivity index (χ0v) is 12.6. The van der Waals surface area contributed by atoms with Gasteiger partial charge in [-0.3, -0.25) is 9.69 Å². The molecule has 3 heteroatoms. The predicted octanol–water partition coefficient (Wildman–Crippen LogP) is 2.77. The van der Waals surface area contributed by atoms with Crippen LogP contribution in [-0.2, 0) is 11.3 Å². The molecule has 1 amide bonds. The van der Waals surface area contributed by atoms with Crippen LogP contribution in [0, 0.1) is 0 Å². The standard InChI is InChI=1S/C16H26N2O/c1-5-11-18(12-15-9-7-6-8-10-15)13-16(19)17(4)14(2)3/h6-10,14H,5,11-13H2,1-4H3. The Morgan fingerprint density at radius 3 is 2.37 bits per heavy atom. The molecule has 0 aliphatic heterocycles. The smallest absolute Gasteiger partial charge is 0.236 e. The minimum Gasteiger partial charge on any atom is -0.342 e. The zero-order valence-electron chi connectivity index (χ0n) is 12.6. The van der Waals surface area contributed by atoms with Crippen LogP contribution in [0.3, 0.4) is 0 Å². The van der Waals surface area contributed by atoms with E-state index in [9.17, 15) is 4.79 Å². The van der Waals surface area contributed by atoms with Gasteiger partial charge in [-0.1, -0.05) is 37.3 Å². The second-order valence-electron chi connectivity index (χ2n) is 5.29. The fraction of sp³-hybridized carbons (Fsp3) is 0.562. The van der Waals surface area contributed by atoms with Crippen LogP contribution in [0.4, 0.5) is 0 Å². The quantitative estimate of drug-likeness (QED) is 0.754. The monoisotopic (exact) mass is 262 g/mol. The van der Waals surface area contributed by atoms with E-state index >= 15 is 0 Å². The fourth-order valence-electron chi connectivity index (χ4n) is 1.96. The third-order valence-electron chi connectivity index (χ3n) is 3.32. The summed E-state index contributed by atoms with van der Waals surface area (Å²) in [4.78, 5) is 16.2. The number of carbonyl (C=O) groups is 1. The van der Waals surface area contributed by atoms with Gasteiger partial charge >= 0.3 is 0 Å². The van der Waals surface area contributed by atoms with Gasteiger partial charge in [0.05, 0.1) is 6.54 Å². The van der Waals surface area contributed by atoms with Gasteiger partial charge in [0.2, 0.25) is 5.91 Å². The van der Waals surface area contributed by atoms with Crippen molar-refractivity contribution in [3.63, 3.8) is 0 Å². The highest BCUT2D eigenvalue weighted by atomic mass is 16.2. The Morgan fingerprint density at radius 1 is 1.21 bits per heavy atom. The normalized spacial score (nSPS) is 11.1. The van der Waals surface area contributed by atoms with Crippen molar-refractivity contribution in [3.8, 4) is 0 Å². The summed E-state index contributed by atoms with van der Waals surface area (Å²) in [5.41, 5.74) is 1.26. The molecule has 0 heterocycles. The molecule has 0 spiro atoms. The third kappa shape index (κ3) is 5.43. The highest BCUT2D eigenvalue weighted by molar-refractivity contribution is 5.78. The number of hydrogen-bond donors (Lipinski definition) is 0. The van der Waals surface area contributed by atoms with E-state index < -0.39 is 0 Å². The van der Waals surface area contributed by atoms with E-state index in [1.807, 2.05) is 44.0 Å². The predicted molar refractivity (Wildman–Crippen MR) is 79.9 cm³/mol. The van der Waals surface area contributed by atoms with Gasteiger partial charge in [-0.15, -0.1) is 0 Å². The molecule has 0 atom stereocenters. The van der Waals surface area contributed by atoms with Crippen LogP contribution in [0.5, 0.6) is 0 Å². The van der Waals surface area contributed by atoms with Gasteiger partial charge in [0.1, 0.15) is 0 Å². The van der Waals surface area contributed by atoms with Crippen LogP contribution in [0.15, 0.2) is 30.3 Å². The van der Waals surface area contributed by atoms with Crippen molar-refractivity contribution in [1.29, 1.82) is 0 Å². The fourth-order valence-corrected chi connectivity index (χ4v) is 1.96. The van der Waals surface area contributed by atoms with E-state index in [0.717, 1.165) is 19.5 Å². The summed E-state index contributed by atoms with van der Waals surface area (Å²) in [6, 6.07) is 10.6. The van der Waals surface area contributed by atoms with Crippen LogP contribution < -0.4 is 0 Å². The maximum Gasteiger partial charge on any atom is 0.236 e. The highest BCUT2D eigenvalue weighted by Gasteiger charge is 2.16. The molecule has 0 saturated carbocycles. The summed E-state index contributed by atoms with van der Waals surface area (Å²) in [5.74, 6) is 0.194. The summed E-state index contributed by atoms with van der Waals surface area (Å²) in [6.07, 6.45) is 1.06. The number of rotatable bonds is 7. The van der Waals surface area contributed by atoms with Crippen LogP contribution in [-0.4, -0.2) is 41.9 Å². The molecule has 0 fully saturated rings. The van der Waals surface area contributed by atoms with Gasteiger partial charge in [-0.25, -0.2) is 0 Å². The van der Waals surface area contributed by atoms with Gasteiger partial charge in [-0.2, -0.15) is 0 Å². The Labute approximate surface area is 117 Å². The molecular weight excluding hydrogens is 236 g/mol. The van der Waals surface area contributed by atoms with Gasteiger partial charge in [0, 0.05) is 19.6 Å². The van der Waals surface area contributed by atoms with Crippen LogP contribution in [0.25, 0.3) is 0 Å². The number of likely N-dealkylation sites (N-methyl/N-ethyl adjacent to an activating group) is 1. The number of amides is 1. The van der Waals surface area contributed by atoms with Crippen molar-refractivity contribution < 1.29 is 4.79 Å². The first-order valence-corrected chi connectivity index (χ1v) is 7.06. The molecule has 0 aromatic heterocycles. The van der Waals surface area contributed by atoms with Crippen molar-refractivity contribution in [1.82, 2.24) is 9.80 Å². The van der Waals surface area contributed by atoms with E-state index in [2.05, 4.69) is 24.0 Å². The lowest BCUT2D eigenvalue weighted by atomic mass is 10.2. The molecule has 0 radical (unpaired) electrons. The average molecular weight is 262 g/mol. The van der Waals surface area contributed by atoms with E-state index in [1.54, 1.807) is 0 Å². The molecule has 106 valence electrons. The summed E-state index contributed by atoms with van der Waals surface area (Å²) in [5, 5.41) is 0. The largest absolute Gasteiger partial charge is 0.342 e. The van der Waals surface area contributed by atoms with Crippen molar-refractivity contribution >= 4 is 5.91 Å².